The van der Waals surface area contributed by atoms with E-state index >= 15 is 0 Å². The second-order valence-corrected chi connectivity index (χ2v) is 6.55. The molecule has 102 valence electrons. The average Bonchev–Trinajstić information content (AvgIpc) is 2.26. The molecule has 1 N–H and O–H groups in total. The molecule has 1 aliphatic heterocycles. The zero-order valence-electron chi connectivity index (χ0n) is 12.3. The van der Waals surface area contributed by atoms with Crippen molar-refractivity contribution in [3.63, 3.8) is 0 Å². The van der Waals surface area contributed by atoms with Crippen LogP contribution in [-0.2, 0) is 0 Å². The largest absolute Gasteiger partial charge is 0.316 e. The van der Waals surface area contributed by atoms with Gasteiger partial charge in [-0.25, -0.2) is 0 Å². The summed E-state index contributed by atoms with van der Waals surface area (Å²) in [6, 6.07) is 0. The molecule has 1 atom stereocenters. The van der Waals surface area contributed by atoms with Crippen LogP contribution in [0.3, 0.4) is 0 Å². The molecular formula is C15H32N2. The van der Waals surface area contributed by atoms with Crippen molar-refractivity contribution in [3.05, 3.63) is 0 Å². The van der Waals surface area contributed by atoms with Crippen molar-refractivity contribution in [1.29, 1.82) is 0 Å². The van der Waals surface area contributed by atoms with Gasteiger partial charge in [-0.15, -0.1) is 0 Å². The highest BCUT2D eigenvalue weighted by molar-refractivity contribution is 4.71. The van der Waals surface area contributed by atoms with Gasteiger partial charge in [0.25, 0.3) is 0 Å². The molecule has 0 unspecified atom stereocenters. The maximum absolute atomic E-state index is 3.52. The van der Waals surface area contributed by atoms with Crippen molar-refractivity contribution in [2.24, 2.45) is 17.8 Å². The van der Waals surface area contributed by atoms with Crippen molar-refractivity contribution in [3.8, 4) is 0 Å². The zero-order valence-corrected chi connectivity index (χ0v) is 12.3. The third kappa shape index (κ3) is 7.05. The molecule has 1 fully saturated rings. The molecule has 0 spiro atoms. The topological polar surface area (TPSA) is 15.3 Å². The van der Waals surface area contributed by atoms with Crippen LogP contribution in [0.25, 0.3) is 0 Å². The highest BCUT2D eigenvalue weighted by Gasteiger charge is 2.15. The monoisotopic (exact) mass is 240 g/mol. The molecule has 0 radical (unpaired) electrons. The van der Waals surface area contributed by atoms with E-state index in [0.29, 0.717) is 0 Å². The van der Waals surface area contributed by atoms with Crippen LogP contribution >= 0.6 is 0 Å². The molecule has 0 aromatic heterocycles. The number of hydrogen-bond acceptors (Lipinski definition) is 2. The van der Waals surface area contributed by atoms with Gasteiger partial charge in [-0.05, 0) is 56.7 Å². The Bertz CT molecular complexity index is 173. The fraction of sp³-hybridized carbons (Fsp3) is 1.00. The minimum atomic E-state index is 0.790. The van der Waals surface area contributed by atoms with Crippen LogP contribution < -0.4 is 5.32 Å². The van der Waals surface area contributed by atoms with Crippen LogP contribution in [0.4, 0.5) is 0 Å². The molecule has 1 aliphatic rings. The van der Waals surface area contributed by atoms with Crippen molar-refractivity contribution >= 4 is 0 Å². The molecule has 0 bridgehead atoms. The van der Waals surface area contributed by atoms with E-state index in [1.807, 2.05) is 0 Å². The number of nitrogens with zero attached hydrogens (tertiary/aromatic N) is 1. The average molecular weight is 240 g/mol. The molecule has 0 aliphatic carbocycles. The lowest BCUT2D eigenvalue weighted by Crippen LogP contribution is -2.36. The third-order valence-electron chi connectivity index (χ3n) is 3.50. The van der Waals surface area contributed by atoms with E-state index in [4.69, 9.17) is 0 Å². The third-order valence-corrected chi connectivity index (χ3v) is 3.50. The van der Waals surface area contributed by atoms with E-state index in [2.05, 4.69) is 37.9 Å². The Morgan fingerprint density at radius 2 is 1.76 bits per heavy atom. The molecule has 2 heteroatoms. The van der Waals surface area contributed by atoms with Crippen LogP contribution in [0.5, 0.6) is 0 Å². The summed E-state index contributed by atoms with van der Waals surface area (Å²) in [5, 5.41) is 3.52. The smallest absolute Gasteiger partial charge is 0.000450 e. The summed E-state index contributed by atoms with van der Waals surface area (Å²) in [5.74, 6) is 2.50. The van der Waals surface area contributed by atoms with Gasteiger partial charge in [0.05, 0.1) is 0 Å². The molecule has 1 heterocycles. The Morgan fingerprint density at radius 1 is 1.12 bits per heavy atom. The second kappa shape index (κ2) is 8.10. The summed E-state index contributed by atoms with van der Waals surface area (Å²) in [5.41, 5.74) is 0. The molecule has 1 saturated heterocycles. The van der Waals surface area contributed by atoms with E-state index in [9.17, 15) is 0 Å². The SMILES string of the molecule is CC(C)CN(CC[C@H]1CCCNC1)CC(C)C. The van der Waals surface area contributed by atoms with E-state index in [-0.39, 0.29) is 0 Å². The Hall–Kier alpha value is -0.0800. The minimum Gasteiger partial charge on any atom is -0.316 e. The lowest BCUT2D eigenvalue weighted by Gasteiger charge is -2.29. The van der Waals surface area contributed by atoms with Crippen molar-refractivity contribution in [2.45, 2.75) is 47.0 Å². The maximum atomic E-state index is 3.52. The molecule has 1 rings (SSSR count). The molecule has 0 saturated carbocycles. The zero-order chi connectivity index (χ0) is 12.7. The minimum absolute atomic E-state index is 0.790. The Balaban J connectivity index is 2.26. The number of piperidine rings is 1. The van der Waals surface area contributed by atoms with E-state index in [0.717, 1.165) is 17.8 Å². The van der Waals surface area contributed by atoms with E-state index < -0.39 is 0 Å². The van der Waals surface area contributed by atoms with Gasteiger partial charge in [-0.1, -0.05) is 27.7 Å². The maximum Gasteiger partial charge on any atom is 0.000450 e. The van der Waals surface area contributed by atoms with Crippen LogP contribution in [0.15, 0.2) is 0 Å². The van der Waals surface area contributed by atoms with Crippen molar-refractivity contribution < 1.29 is 0 Å². The van der Waals surface area contributed by atoms with E-state index in [1.54, 1.807) is 0 Å². The van der Waals surface area contributed by atoms with Crippen LogP contribution in [0, 0.1) is 17.8 Å². The molecule has 0 amide bonds. The predicted molar refractivity (Wildman–Crippen MR) is 76.3 cm³/mol. The summed E-state index contributed by atoms with van der Waals surface area (Å²) in [6.45, 7) is 15.6. The number of hydrogen-bond donors (Lipinski definition) is 1. The normalized spacial score (nSPS) is 21.7. The highest BCUT2D eigenvalue weighted by atomic mass is 15.1. The summed E-state index contributed by atoms with van der Waals surface area (Å²) < 4.78 is 0. The summed E-state index contributed by atoms with van der Waals surface area (Å²) in [4.78, 5) is 2.67. The van der Waals surface area contributed by atoms with Crippen molar-refractivity contribution in [1.82, 2.24) is 10.2 Å². The second-order valence-electron chi connectivity index (χ2n) is 6.55. The first-order chi connectivity index (χ1) is 8.08. The van der Waals surface area contributed by atoms with Gasteiger partial charge >= 0.3 is 0 Å². The quantitative estimate of drug-likeness (QED) is 0.736. The predicted octanol–water partition coefficient (Wildman–Crippen LogP) is 2.99. The van der Waals surface area contributed by atoms with Gasteiger partial charge in [-0.2, -0.15) is 0 Å². The fourth-order valence-corrected chi connectivity index (χ4v) is 2.83. The van der Waals surface area contributed by atoms with Gasteiger partial charge < -0.3 is 10.2 Å². The van der Waals surface area contributed by atoms with Gasteiger partial charge in [-0.3, -0.25) is 0 Å². The van der Waals surface area contributed by atoms with E-state index in [1.165, 1.54) is 52.0 Å². The standard InChI is InChI=1S/C15H32N2/c1-13(2)11-17(12-14(3)4)9-7-15-6-5-8-16-10-15/h13-16H,5-12H2,1-4H3/t15-/m1/s1. The first kappa shape index (κ1) is 15.0. The molecule has 2 nitrogen and oxygen atoms in total. The van der Waals surface area contributed by atoms with Gasteiger partial charge in [0, 0.05) is 13.1 Å². The molecule has 17 heavy (non-hydrogen) atoms. The Morgan fingerprint density at radius 3 is 2.24 bits per heavy atom. The summed E-state index contributed by atoms with van der Waals surface area (Å²) >= 11 is 0. The van der Waals surface area contributed by atoms with Crippen molar-refractivity contribution in [2.75, 3.05) is 32.7 Å². The molecule has 0 aromatic carbocycles. The fourth-order valence-electron chi connectivity index (χ4n) is 2.83. The Kier molecular flexibility index (Phi) is 7.14. The molecular weight excluding hydrogens is 208 g/mol. The Labute approximate surface area is 108 Å². The van der Waals surface area contributed by atoms with Crippen LogP contribution in [0.2, 0.25) is 0 Å². The highest BCUT2D eigenvalue weighted by Crippen LogP contribution is 2.15. The van der Waals surface area contributed by atoms with Crippen LogP contribution in [-0.4, -0.2) is 37.6 Å². The number of nitrogens with one attached hydrogen (secondary N) is 1. The summed E-state index contributed by atoms with van der Waals surface area (Å²) in [7, 11) is 0. The van der Waals surface area contributed by atoms with Gasteiger partial charge in [0.1, 0.15) is 0 Å². The summed E-state index contributed by atoms with van der Waals surface area (Å²) in [6.07, 6.45) is 4.19. The molecule has 0 aromatic rings. The first-order valence-corrected chi connectivity index (χ1v) is 7.51. The van der Waals surface area contributed by atoms with Gasteiger partial charge in [0.2, 0.25) is 0 Å². The lowest BCUT2D eigenvalue weighted by molar-refractivity contribution is 0.197. The first-order valence-electron chi connectivity index (χ1n) is 7.51. The van der Waals surface area contributed by atoms with Gasteiger partial charge in [0.15, 0.2) is 0 Å². The lowest BCUT2D eigenvalue weighted by atomic mass is 9.95. The van der Waals surface area contributed by atoms with Crippen LogP contribution in [0.1, 0.15) is 47.0 Å². The number of rotatable bonds is 7.